The molecular weight excluding hydrogens is 472 g/mol. The Labute approximate surface area is 238 Å². The highest BCUT2D eigenvalue weighted by Gasteiger charge is 2.45. The van der Waals surface area contributed by atoms with Crippen LogP contribution >= 0.6 is 0 Å². The second kappa shape index (κ2) is 15.3. The van der Waals surface area contributed by atoms with Gasteiger partial charge in [0.1, 0.15) is 0 Å². The van der Waals surface area contributed by atoms with Gasteiger partial charge in [-0.15, -0.1) is 0 Å². The van der Waals surface area contributed by atoms with E-state index in [0.29, 0.717) is 12.1 Å². The van der Waals surface area contributed by atoms with E-state index in [4.69, 9.17) is 0 Å². The fourth-order valence-electron chi connectivity index (χ4n) is 3.95. The third kappa shape index (κ3) is 10.6. The Morgan fingerprint density at radius 2 is 0.763 bits per heavy atom. The van der Waals surface area contributed by atoms with Crippen molar-refractivity contribution >= 4 is 11.9 Å². The van der Waals surface area contributed by atoms with Crippen LogP contribution in [0, 0.1) is 0 Å². The lowest BCUT2D eigenvalue weighted by Crippen LogP contribution is -2.75. The number of hydrogen-bond donors (Lipinski definition) is 2. The Bertz CT molecular complexity index is 673. The molecule has 0 unspecified atom stereocenters. The van der Waals surface area contributed by atoms with Crippen molar-refractivity contribution in [3.8, 4) is 0 Å². The summed E-state index contributed by atoms with van der Waals surface area (Å²) in [4.78, 5) is 18.3. The van der Waals surface area contributed by atoms with Crippen molar-refractivity contribution in [2.45, 2.75) is 158 Å². The van der Waals surface area contributed by atoms with Crippen molar-refractivity contribution in [1.29, 1.82) is 0 Å². The smallest absolute Gasteiger partial charge is 0.196 e. The van der Waals surface area contributed by atoms with Crippen LogP contribution in [0.1, 0.15) is 124 Å². The van der Waals surface area contributed by atoms with Gasteiger partial charge in [0.05, 0.1) is 22.7 Å². The largest absolute Gasteiger partial charge is 0.338 e. The number of guanidine groups is 2. The topological polar surface area (TPSA) is 61.7 Å². The molecule has 2 fully saturated rings. The molecule has 0 aromatic rings. The summed E-state index contributed by atoms with van der Waals surface area (Å²) in [5.41, 5.74) is -0.238. The average molecular weight is 541 g/mol. The predicted molar refractivity (Wildman–Crippen MR) is 171 cm³/mol. The van der Waals surface area contributed by atoms with Gasteiger partial charge in [-0.1, -0.05) is 40.5 Å². The van der Waals surface area contributed by atoms with E-state index in [2.05, 4.69) is 179 Å². The Balaban J connectivity index is 0. The first-order chi connectivity index (χ1) is 17.0. The van der Waals surface area contributed by atoms with Crippen LogP contribution in [0.4, 0.5) is 0 Å². The SMILES string of the molecule is CC(C)N=C1NC(C)(C)N(C)C(C)(C)N1C.CC(C)N=C1NC(C)(C)N(C)C(C)(C)N1C.CCC.CCC. The van der Waals surface area contributed by atoms with Crippen LogP contribution in [-0.2, 0) is 0 Å². The second-order valence-electron chi connectivity index (χ2n) is 13.1. The van der Waals surface area contributed by atoms with Crippen molar-refractivity contribution < 1.29 is 0 Å². The van der Waals surface area contributed by atoms with Gasteiger partial charge in [-0.3, -0.25) is 19.8 Å². The van der Waals surface area contributed by atoms with Crippen molar-refractivity contribution in [3.05, 3.63) is 0 Å². The number of nitrogens with zero attached hydrogens (tertiary/aromatic N) is 6. The highest BCUT2D eigenvalue weighted by Crippen LogP contribution is 2.29. The molecule has 228 valence electrons. The molecule has 0 saturated carbocycles. The molecule has 2 rings (SSSR count). The number of rotatable bonds is 2. The van der Waals surface area contributed by atoms with Crippen LogP contribution in [0.2, 0.25) is 0 Å². The molecule has 38 heavy (non-hydrogen) atoms. The molecule has 2 aliphatic heterocycles. The minimum Gasteiger partial charge on any atom is -0.338 e. The third-order valence-corrected chi connectivity index (χ3v) is 7.19. The van der Waals surface area contributed by atoms with Gasteiger partial charge in [0, 0.05) is 26.2 Å². The van der Waals surface area contributed by atoms with Crippen LogP contribution in [0.25, 0.3) is 0 Å². The van der Waals surface area contributed by atoms with Crippen molar-refractivity contribution in [2.75, 3.05) is 28.2 Å². The van der Waals surface area contributed by atoms with Crippen molar-refractivity contribution in [3.63, 3.8) is 0 Å². The zero-order chi connectivity index (χ0) is 30.9. The maximum atomic E-state index is 4.65. The Morgan fingerprint density at radius 1 is 0.553 bits per heavy atom. The summed E-state index contributed by atoms with van der Waals surface area (Å²) >= 11 is 0. The summed E-state index contributed by atoms with van der Waals surface area (Å²) in [6.07, 6.45) is 2.50. The molecule has 2 N–H and O–H groups in total. The van der Waals surface area contributed by atoms with E-state index in [1.54, 1.807) is 0 Å². The van der Waals surface area contributed by atoms with Gasteiger partial charge in [-0.2, -0.15) is 0 Å². The quantitative estimate of drug-likeness (QED) is 0.434. The highest BCUT2D eigenvalue weighted by atomic mass is 15.6. The Kier molecular flexibility index (Phi) is 15.5. The van der Waals surface area contributed by atoms with E-state index < -0.39 is 0 Å². The minimum absolute atomic E-state index is 0.0392. The Morgan fingerprint density at radius 3 is 0.947 bits per heavy atom. The molecule has 0 bridgehead atoms. The Hall–Kier alpha value is -1.54. The van der Waals surface area contributed by atoms with Gasteiger partial charge >= 0.3 is 0 Å². The average Bonchev–Trinajstić information content (AvgIpc) is 2.75. The van der Waals surface area contributed by atoms with Gasteiger partial charge < -0.3 is 20.4 Å². The van der Waals surface area contributed by atoms with Crippen LogP contribution in [0.15, 0.2) is 9.98 Å². The summed E-state index contributed by atoms with van der Waals surface area (Å²) < 4.78 is 0. The maximum absolute atomic E-state index is 4.65. The monoisotopic (exact) mass is 541 g/mol. The summed E-state index contributed by atoms with van der Waals surface area (Å²) in [7, 11) is 8.44. The summed E-state index contributed by atoms with van der Waals surface area (Å²) in [5.74, 6) is 1.95. The molecular formula is C30H68N8. The highest BCUT2D eigenvalue weighted by molar-refractivity contribution is 5.82. The van der Waals surface area contributed by atoms with E-state index in [0.717, 1.165) is 11.9 Å². The first-order valence-corrected chi connectivity index (χ1v) is 14.7. The van der Waals surface area contributed by atoms with Crippen LogP contribution in [0.3, 0.4) is 0 Å². The number of hydrogen-bond acceptors (Lipinski definition) is 4. The molecule has 8 heteroatoms. The second-order valence-corrected chi connectivity index (χ2v) is 13.1. The van der Waals surface area contributed by atoms with E-state index >= 15 is 0 Å². The molecule has 2 heterocycles. The molecule has 0 atom stereocenters. The first-order valence-electron chi connectivity index (χ1n) is 14.7. The zero-order valence-corrected chi connectivity index (χ0v) is 29.3. The summed E-state index contributed by atoms with van der Waals surface area (Å²) in [5, 5.41) is 6.96. The fourth-order valence-corrected chi connectivity index (χ4v) is 3.95. The van der Waals surface area contributed by atoms with Gasteiger partial charge in [0.2, 0.25) is 0 Å². The molecule has 0 amide bonds. The van der Waals surface area contributed by atoms with E-state index in [1.807, 2.05) is 0 Å². The predicted octanol–water partition coefficient (Wildman–Crippen LogP) is 6.21. The zero-order valence-electron chi connectivity index (χ0n) is 29.3. The molecule has 2 saturated heterocycles. The van der Waals surface area contributed by atoms with E-state index in [1.165, 1.54) is 12.8 Å². The number of aliphatic imine (C=N–C) groups is 2. The maximum Gasteiger partial charge on any atom is 0.196 e. The van der Waals surface area contributed by atoms with Gasteiger partial charge in [-0.25, -0.2) is 0 Å². The summed E-state index contributed by atoms with van der Waals surface area (Å²) in [6, 6.07) is 0.611. The molecule has 0 spiro atoms. The molecule has 2 aliphatic rings. The van der Waals surface area contributed by atoms with Crippen LogP contribution in [-0.4, -0.2) is 94.4 Å². The number of nitrogens with one attached hydrogen (secondary N) is 2. The molecule has 0 aliphatic carbocycles. The molecule has 0 aromatic heterocycles. The fraction of sp³-hybridized carbons (Fsp3) is 0.933. The summed E-state index contributed by atoms with van der Waals surface area (Å²) in [6.45, 7) is 34.5. The normalized spacial score (nSPS) is 23.9. The van der Waals surface area contributed by atoms with Gasteiger partial charge in [0.15, 0.2) is 11.9 Å². The standard InChI is InChI=1S/2C12H26N4.2C3H8/c2*1-9(2)13-10-14-11(3,4)16(8)12(5,6)15(10)7;2*1-3-2/h2*9H,1-8H3,(H,13,14);2*3H2,1-2H3. The minimum atomic E-state index is -0.0796. The molecule has 0 aromatic carbocycles. The lowest BCUT2D eigenvalue weighted by Gasteiger charge is -2.57. The van der Waals surface area contributed by atoms with Crippen LogP contribution in [0.5, 0.6) is 0 Å². The lowest BCUT2D eigenvalue weighted by molar-refractivity contribution is -0.0606. The molecule has 0 radical (unpaired) electrons. The van der Waals surface area contributed by atoms with E-state index in [-0.39, 0.29) is 22.7 Å². The lowest BCUT2D eigenvalue weighted by atomic mass is 10.0. The van der Waals surface area contributed by atoms with Crippen molar-refractivity contribution in [2.24, 2.45) is 9.98 Å². The van der Waals surface area contributed by atoms with Crippen molar-refractivity contribution in [1.82, 2.24) is 30.2 Å². The van der Waals surface area contributed by atoms with Gasteiger partial charge in [0.25, 0.3) is 0 Å². The first kappa shape index (κ1) is 38.6. The van der Waals surface area contributed by atoms with Crippen LogP contribution < -0.4 is 10.6 Å². The third-order valence-electron chi connectivity index (χ3n) is 7.19. The molecule has 8 nitrogen and oxygen atoms in total. The van der Waals surface area contributed by atoms with Gasteiger partial charge in [-0.05, 0) is 97.2 Å². The van der Waals surface area contributed by atoms with E-state index in [9.17, 15) is 0 Å².